The molecule has 1 atom stereocenters. The second-order valence-corrected chi connectivity index (χ2v) is 5.12. The monoisotopic (exact) mass is 260 g/mol. The lowest BCUT2D eigenvalue weighted by Gasteiger charge is -2.08. The Morgan fingerprint density at radius 3 is 2.94 bits per heavy atom. The summed E-state index contributed by atoms with van der Waals surface area (Å²) in [6, 6.07) is 3.71. The van der Waals surface area contributed by atoms with Crippen molar-refractivity contribution in [2.45, 2.75) is 12.7 Å². The molecular formula is C11H17ClN2OS. The molecule has 1 unspecified atom stereocenters. The Bertz CT molecular complexity index is 336. The molecule has 0 aliphatic heterocycles. The predicted octanol–water partition coefficient (Wildman–Crippen LogP) is 2.64. The summed E-state index contributed by atoms with van der Waals surface area (Å²) in [5.41, 5.74) is 0.892. The van der Waals surface area contributed by atoms with Crippen molar-refractivity contribution in [3.63, 3.8) is 0 Å². The van der Waals surface area contributed by atoms with Crippen LogP contribution >= 0.6 is 23.4 Å². The number of rotatable bonds is 6. The quantitative estimate of drug-likeness (QED) is 0.826. The van der Waals surface area contributed by atoms with Gasteiger partial charge in [-0.15, -0.1) is 0 Å². The first-order chi connectivity index (χ1) is 7.67. The molecule has 16 heavy (non-hydrogen) atoms. The lowest BCUT2D eigenvalue weighted by atomic mass is 10.2. The molecule has 0 aromatic carbocycles. The number of hydrogen-bond acceptors (Lipinski definition) is 4. The van der Waals surface area contributed by atoms with Crippen LogP contribution in [-0.2, 0) is 5.75 Å². The van der Waals surface area contributed by atoms with Gasteiger partial charge in [-0.05, 0) is 23.8 Å². The van der Waals surface area contributed by atoms with Gasteiger partial charge in [0.05, 0.1) is 10.7 Å². The number of aliphatic hydroxyl groups excluding tert-OH is 1. The highest BCUT2D eigenvalue weighted by molar-refractivity contribution is 7.98. The molecule has 1 aromatic heterocycles. The van der Waals surface area contributed by atoms with Gasteiger partial charge in [0.2, 0.25) is 0 Å². The highest BCUT2D eigenvalue weighted by Crippen LogP contribution is 2.22. The zero-order valence-corrected chi connectivity index (χ0v) is 11.1. The van der Waals surface area contributed by atoms with E-state index in [0.29, 0.717) is 10.9 Å². The molecule has 0 fully saturated rings. The number of hydrogen-bond donors (Lipinski definition) is 2. The van der Waals surface area contributed by atoms with Crippen LogP contribution in [-0.4, -0.2) is 29.5 Å². The lowest BCUT2D eigenvalue weighted by Crippen LogP contribution is -2.04. The van der Waals surface area contributed by atoms with E-state index in [0.717, 1.165) is 23.0 Å². The van der Waals surface area contributed by atoms with Gasteiger partial charge in [-0.1, -0.05) is 18.5 Å². The molecule has 90 valence electrons. The van der Waals surface area contributed by atoms with E-state index in [1.807, 2.05) is 26.1 Å². The molecule has 1 rings (SSSR count). The van der Waals surface area contributed by atoms with Gasteiger partial charge in [0, 0.05) is 19.4 Å². The summed E-state index contributed by atoms with van der Waals surface area (Å²) in [7, 11) is 1.83. The van der Waals surface area contributed by atoms with Crippen LogP contribution in [0.4, 0.5) is 5.82 Å². The topological polar surface area (TPSA) is 45.1 Å². The number of pyridine rings is 1. The fraction of sp³-hybridized carbons (Fsp3) is 0.545. The Morgan fingerprint density at radius 1 is 1.56 bits per heavy atom. The van der Waals surface area contributed by atoms with Gasteiger partial charge >= 0.3 is 0 Å². The fourth-order valence-electron chi connectivity index (χ4n) is 1.13. The number of nitrogens with one attached hydrogen (secondary N) is 1. The molecule has 2 N–H and O–H groups in total. The van der Waals surface area contributed by atoms with Crippen molar-refractivity contribution in [2.24, 2.45) is 5.92 Å². The molecule has 0 spiro atoms. The van der Waals surface area contributed by atoms with E-state index >= 15 is 0 Å². The summed E-state index contributed by atoms with van der Waals surface area (Å²) in [6.45, 7) is 2.25. The third-order valence-corrected chi connectivity index (χ3v) is 3.75. The third kappa shape index (κ3) is 4.20. The van der Waals surface area contributed by atoms with Crippen molar-refractivity contribution in [2.75, 3.05) is 24.7 Å². The number of halogens is 1. The normalized spacial score (nSPS) is 12.5. The number of nitrogens with zero attached hydrogens (tertiary/aromatic N) is 1. The van der Waals surface area contributed by atoms with Crippen LogP contribution in [0.5, 0.6) is 0 Å². The van der Waals surface area contributed by atoms with Gasteiger partial charge in [-0.3, -0.25) is 0 Å². The van der Waals surface area contributed by atoms with Crippen LogP contribution in [0.3, 0.4) is 0 Å². The SMILES string of the molecule is CNc1ccc(Cl)c(CSCC(C)CO)n1. The van der Waals surface area contributed by atoms with Gasteiger partial charge in [0.25, 0.3) is 0 Å². The molecule has 0 aliphatic carbocycles. The molecule has 0 bridgehead atoms. The largest absolute Gasteiger partial charge is 0.396 e. The van der Waals surface area contributed by atoms with E-state index < -0.39 is 0 Å². The van der Waals surface area contributed by atoms with Gasteiger partial charge in [-0.2, -0.15) is 11.8 Å². The first kappa shape index (κ1) is 13.6. The molecule has 1 aromatic rings. The third-order valence-electron chi connectivity index (χ3n) is 2.13. The maximum Gasteiger partial charge on any atom is 0.126 e. The molecule has 0 saturated heterocycles. The Kier molecular flexibility index (Phi) is 5.95. The zero-order valence-electron chi connectivity index (χ0n) is 9.53. The Morgan fingerprint density at radius 2 is 2.31 bits per heavy atom. The number of aromatic nitrogens is 1. The van der Waals surface area contributed by atoms with Crippen molar-refractivity contribution < 1.29 is 5.11 Å². The Balaban J connectivity index is 2.52. The number of thioether (sulfide) groups is 1. The van der Waals surface area contributed by atoms with Gasteiger partial charge < -0.3 is 10.4 Å². The lowest BCUT2D eigenvalue weighted by molar-refractivity contribution is 0.250. The van der Waals surface area contributed by atoms with Crippen molar-refractivity contribution in [1.29, 1.82) is 0 Å². The number of anilines is 1. The summed E-state index contributed by atoms with van der Waals surface area (Å²) in [5.74, 6) is 2.84. The van der Waals surface area contributed by atoms with Crippen LogP contribution in [0.1, 0.15) is 12.6 Å². The van der Waals surface area contributed by atoms with E-state index in [2.05, 4.69) is 10.3 Å². The minimum absolute atomic E-state index is 0.227. The van der Waals surface area contributed by atoms with Crippen molar-refractivity contribution in [3.8, 4) is 0 Å². The summed E-state index contributed by atoms with van der Waals surface area (Å²) >= 11 is 7.79. The maximum atomic E-state index is 8.90. The minimum atomic E-state index is 0.227. The minimum Gasteiger partial charge on any atom is -0.396 e. The molecule has 5 heteroatoms. The molecule has 0 aliphatic rings. The Labute approximate surface area is 106 Å². The predicted molar refractivity (Wildman–Crippen MR) is 71.2 cm³/mol. The van der Waals surface area contributed by atoms with E-state index in [4.69, 9.17) is 16.7 Å². The van der Waals surface area contributed by atoms with Crippen molar-refractivity contribution >= 4 is 29.2 Å². The van der Waals surface area contributed by atoms with Gasteiger partial charge in [-0.25, -0.2) is 4.98 Å². The first-order valence-corrected chi connectivity index (χ1v) is 6.72. The number of aliphatic hydroxyl groups is 1. The first-order valence-electron chi connectivity index (χ1n) is 5.19. The van der Waals surface area contributed by atoms with Crippen LogP contribution in [0.15, 0.2) is 12.1 Å². The molecule has 1 heterocycles. The second-order valence-electron chi connectivity index (χ2n) is 3.68. The highest BCUT2D eigenvalue weighted by Gasteiger charge is 2.05. The zero-order chi connectivity index (χ0) is 12.0. The van der Waals surface area contributed by atoms with Gasteiger partial charge in [0.15, 0.2) is 0 Å². The van der Waals surface area contributed by atoms with E-state index in [9.17, 15) is 0 Å². The summed E-state index contributed by atoms with van der Waals surface area (Å²) in [4.78, 5) is 4.39. The standard InChI is InChI=1S/C11H17ClN2OS/c1-8(5-15)6-16-7-10-9(12)3-4-11(13-2)14-10/h3-4,8,15H,5-7H2,1-2H3,(H,13,14). The summed E-state index contributed by atoms with van der Waals surface area (Å²) in [6.07, 6.45) is 0. The van der Waals surface area contributed by atoms with Gasteiger partial charge in [0.1, 0.15) is 5.82 Å². The van der Waals surface area contributed by atoms with E-state index in [1.54, 1.807) is 11.8 Å². The maximum absolute atomic E-state index is 8.90. The van der Waals surface area contributed by atoms with Crippen LogP contribution in [0, 0.1) is 5.92 Å². The van der Waals surface area contributed by atoms with Crippen LogP contribution < -0.4 is 5.32 Å². The van der Waals surface area contributed by atoms with E-state index in [-0.39, 0.29) is 6.61 Å². The summed E-state index contributed by atoms with van der Waals surface area (Å²) < 4.78 is 0. The van der Waals surface area contributed by atoms with Crippen molar-refractivity contribution in [1.82, 2.24) is 4.98 Å². The molecule has 3 nitrogen and oxygen atoms in total. The average molecular weight is 261 g/mol. The Hall–Kier alpha value is -0.450. The molecule has 0 radical (unpaired) electrons. The van der Waals surface area contributed by atoms with Crippen molar-refractivity contribution in [3.05, 3.63) is 22.8 Å². The smallest absolute Gasteiger partial charge is 0.126 e. The fourth-order valence-corrected chi connectivity index (χ4v) is 2.42. The van der Waals surface area contributed by atoms with E-state index in [1.165, 1.54) is 0 Å². The molecule has 0 saturated carbocycles. The highest BCUT2D eigenvalue weighted by atomic mass is 35.5. The summed E-state index contributed by atoms with van der Waals surface area (Å²) in [5, 5.41) is 12.6. The van der Waals surface area contributed by atoms with Crippen LogP contribution in [0.25, 0.3) is 0 Å². The second kappa shape index (κ2) is 6.99. The molecular weight excluding hydrogens is 244 g/mol. The molecule has 0 amide bonds. The van der Waals surface area contributed by atoms with Crippen LogP contribution in [0.2, 0.25) is 5.02 Å². The average Bonchev–Trinajstić information content (AvgIpc) is 2.31.